The highest BCUT2D eigenvalue weighted by molar-refractivity contribution is 5.82. The van der Waals surface area contributed by atoms with E-state index in [0.717, 1.165) is 6.08 Å². The van der Waals surface area contributed by atoms with Gasteiger partial charge in [0.1, 0.15) is 6.61 Å². The summed E-state index contributed by atoms with van der Waals surface area (Å²) >= 11 is 0. The Morgan fingerprint density at radius 2 is 2.00 bits per heavy atom. The first kappa shape index (κ1) is 12.2. The van der Waals surface area contributed by atoms with Gasteiger partial charge in [-0.25, -0.2) is 9.59 Å². The van der Waals surface area contributed by atoms with Crippen LogP contribution in [0.3, 0.4) is 0 Å². The quantitative estimate of drug-likeness (QED) is 0.374. The first-order chi connectivity index (χ1) is 6.70. The molecule has 0 saturated carbocycles. The molecule has 0 N–H and O–H groups in total. The van der Waals surface area contributed by atoms with Crippen LogP contribution in [0.5, 0.6) is 0 Å². The van der Waals surface area contributed by atoms with E-state index in [1.165, 1.54) is 19.3 Å². The number of esters is 2. The fraction of sp³-hybridized carbons (Fsp3) is 0.200. The second-order valence-electron chi connectivity index (χ2n) is 2.14. The number of hydrogen-bond acceptors (Lipinski definition) is 4. The normalized spacial score (nSPS) is 10.4. The second-order valence-corrected chi connectivity index (χ2v) is 2.14. The summed E-state index contributed by atoms with van der Waals surface area (Å²) in [6.07, 6.45) is 6.99. The summed E-state index contributed by atoms with van der Waals surface area (Å²) in [7, 11) is 1.29. The van der Waals surface area contributed by atoms with E-state index >= 15 is 0 Å². The summed E-state index contributed by atoms with van der Waals surface area (Å²) in [5.74, 6) is -0.913. The van der Waals surface area contributed by atoms with Crippen molar-refractivity contribution in [3.8, 4) is 0 Å². The third-order valence-corrected chi connectivity index (χ3v) is 1.17. The number of ether oxygens (including phenoxy) is 2. The second kappa shape index (κ2) is 7.79. The highest BCUT2D eigenvalue weighted by Crippen LogP contribution is 1.84. The summed E-state index contributed by atoms with van der Waals surface area (Å²) in [6.45, 7) is 3.39. The minimum absolute atomic E-state index is 0.149. The largest absolute Gasteiger partial charge is 0.466 e. The summed E-state index contributed by atoms with van der Waals surface area (Å²) in [4.78, 5) is 21.1. The average molecular weight is 196 g/mol. The smallest absolute Gasteiger partial charge is 0.330 e. The van der Waals surface area contributed by atoms with Gasteiger partial charge >= 0.3 is 11.9 Å². The molecule has 0 heterocycles. The predicted molar refractivity (Wildman–Crippen MR) is 51.5 cm³/mol. The van der Waals surface area contributed by atoms with Crippen molar-refractivity contribution in [3.63, 3.8) is 0 Å². The highest BCUT2D eigenvalue weighted by atomic mass is 16.5. The van der Waals surface area contributed by atoms with Gasteiger partial charge in [0.2, 0.25) is 0 Å². The van der Waals surface area contributed by atoms with Crippen molar-refractivity contribution < 1.29 is 19.1 Å². The van der Waals surface area contributed by atoms with Crippen LogP contribution in [0.2, 0.25) is 0 Å². The van der Waals surface area contributed by atoms with Gasteiger partial charge in [0.15, 0.2) is 0 Å². The average Bonchev–Trinajstić information content (AvgIpc) is 2.22. The molecule has 0 atom stereocenters. The summed E-state index contributed by atoms with van der Waals surface area (Å²) in [5, 5.41) is 0. The molecule has 0 aliphatic heterocycles. The SMILES string of the molecule is C=CC(=O)OC/C=C/C=C/C(=O)OC. The standard InChI is InChI=1S/C10H12O4/c1-3-9(11)14-8-6-4-5-7-10(12)13-2/h3-7H,1,8H2,2H3/b6-4+,7-5+. The molecule has 0 bridgehead atoms. The molecular formula is C10H12O4. The van der Waals surface area contributed by atoms with Crippen molar-refractivity contribution in [2.45, 2.75) is 0 Å². The zero-order valence-corrected chi connectivity index (χ0v) is 7.93. The Bertz CT molecular complexity index is 263. The molecule has 76 valence electrons. The van der Waals surface area contributed by atoms with Gasteiger partial charge in [0.25, 0.3) is 0 Å². The lowest BCUT2D eigenvalue weighted by atomic mass is 10.4. The topological polar surface area (TPSA) is 52.6 Å². The molecule has 0 aromatic heterocycles. The van der Waals surface area contributed by atoms with E-state index in [1.54, 1.807) is 12.2 Å². The first-order valence-electron chi connectivity index (χ1n) is 3.91. The lowest BCUT2D eigenvalue weighted by Gasteiger charge is -1.93. The van der Waals surface area contributed by atoms with E-state index in [0.29, 0.717) is 0 Å². The van der Waals surface area contributed by atoms with Crippen LogP contribution in [-0.4, -0.2) is 25.7 Å². The number of carbonyl (C=O) groups is 2. The Labute approximate surface area is 82.5 Å². The summed E-state index contributed by atoms with van der Waals surface area (Å²) < 4.78 is 8.98. The fourth-order valence-corrected chi connectivity index (χ4v) is 0.525. The van der Waals surface area contributed by atoms with Crippen LogP contribution in [0, 0.1) is 0 Å². The zero-order valence-electron chi connectivity index (χ0n) is 7.93. The van der Waals surface area contributed by atoms with E-state index in [1.807, 2.05) is 0 Å². The van der Waals surface area contributed by atoms with Gasteiger partial charge in [0, 0.05) is 12.2 Å². The van der Waals surface area contributed by atoms with Crippen LogP contribution in [0.15, 0.2) is 37.0 Å². The predicted octanol–water partition coefficient (Wildman–Crippen LogP) is 1.00. The molecule has 0 spiro atoms. The number of carbonyl (C=O) groups excluding carboxylic acids is 2. The molecule has 0 aromatic carbocycles. The molecule has 0 amide bonds. The molecule has 14 heavy (non-hydrogen) atoms. The molecule has 0 fully saturated rings. The molecule has 4 heteroatoms. The first-order valence-corrected chi connectivity index (χ1v) is 3.91. The van der Waals surface area contributed by atoms with Gasteiger partial charge in [-0.05, 0) is 6.08 Å². The molecule has 0 aromatic rings. The van der Waals surface area contributed by atoms with Crippen molar-refractivity contribution >= 4 is 11.9 Å². The van der Waals surface area contributed by atoms with Gasteiger partial charge in [0.05, 0.1) is 7.11 Å². The highest BCUT2D eigenvalue weighted by Gasteiger charge is 1.90. The maximum atomic E-state index is 10.6. The van der Waals surface area contributed by atoms with Crippen LogP contribution in [0.4, 0.5) is 0 Å². The number of rotatable bonds is 5. The molecule has 0 saturated heterocycles. The summed E-state index contributed by atoms with van der Waals surface area (Å²) in [5.41, 5.74) is 0. The third kappa shape index (κ3) is 6.84. The van der Waals surface area contributed by atoms with Crippen molar-refractivity contribution in [2.75, 3.05) is 13.7 Å². The van der Waals surface area contributed by atoms with Crippen molar-refractivity contribution in [1.82, 2.24) is 0 Å². The van der Waals surface area contributed by atoms with Crippen LogP contribution in [0.1, 0.15) is 0 Å². The molecule has 0 aliphatic carbocycles. The monoisotopic (exact) mass is 196 g/mol. The maximum Gasteiger partial charge on any atom is 0.330 e. The molecule has 0 rings (SSSR count). The van der Waals surface area contributed by atoms with Gasteiger partial charge in [-0.1, -0.05) is 18.7 Å². The van der Waals surface area contributed by atoms with Crippen LogP contribution in [0.25, 0.3) is 0 Å². The molecule has 0 radical (unpaired) electrons. The van der Waals surface area contributed by atoms with Crippen molar-refractivity contribution in [2.24, 2.45) is 0 Å². The molecule has 0 aliphatic rings. The number of hydrogen-bond donors (Lipinski definition) is 0. The Balaban J connectivity index is 3.64. The van der Waals surface area contributed by atoms with Gasteiger partial charge in [-0.2, -0.15) is 0 Å². The van der Waals surface area contributed by atoms with Gasteiger partial charge < -0.3 is 9.47 Å². The zero-order chi connectivity index (χ0) is 10.8. The third-order valence-electron chi connectivity index (χ3n) is 1.17. The van der Waals surface area contributed by atoms with Crippen molar-refractivity contribution in [3.05, 3.63) is 37.0 Å². The Hall–Kier alpha value is -1.84. The number of methoxy groups -OCH3 is 1. The van der Waals surface area contributed by atoms with E-state index in [4.69, 9.17) is 0 Å². The van der Waals surface area contributed by atoms with Crippen LogP contribution in [-0.2, 0) is 19.1 Å². The lowest BCUT2D eigenvalue weighted by Crippen LogP contribution is -1.98. The van der Waals surface area contributed by atoms with Gasteiger partial charge in [-0.3, -0.25) is 0 Å². The fourth-order valence-electron chi connectivity index (χ4n) is 0.525. The van der Waals surface area contributed by atoms with E-state index in [2.05, 4.69) is 16.1 Å². The maximum absolute atomic E-state index is 10.6. The van der Waals surface area contributed by atoms with E-state index in [-0.39, 0.29) is 6.61 Å². The summed E-state index contributed by atoms with van der Waals surface area (Å²) in [6, 6.07) is 0. The molecule has 4 nitrogen and oxygen atoms in total. The van der Waals surface area contributed by atoms with Crippen LogP contribution >= 0.6 is 0 Å². The van der Waals surface area contributed by atoms with Gasteiger partial charge in [-0.15, -0.1) is 0 Å². The minimum atomic E-state index is -0.480. The lowest BCUT2D eigenvalue weighted by molar-refractivity contribution is -0.136. The van der Waals surface area contributed by atoms with Crippen LogP contribution < -0.4 is 0 Å². The Kier molecular flexibility index (Phi) is 6.77. The molecular weight excluding hydrogens is 184 g/mol. The Morgan fingerprint density at radius 3 is 2.57 bits per heavy atom. The molecule has 0 unspecified atom stereocenters. The van der Waals surface area contributed by atoms with E-state index in [9.17, 15) is 9.59 Å². The number of allylic oxidation sites excluding steroid dienone is 2. The van der Waals surface area contributed by atoms with Crippen molar-refractivity contribution in [1.29, 1.82) is 0 Å². The Morgan fingerprint density at radius 1 is 1.29 bits per heavy atom. The minimum Gasteiger partial charge on any atom is -0.466 e. The van der Waals surface area contributed by atoms with E-state index < -0.39 is 11.9 Å².